The van der Waals surface area contributed by atoms with Gasteiger partial charge in [0.05, 0.1) is 12.2 Å². The van der Waals surface area contributed by atoms with Crippen molar-refractivity contribution in [2.75, 3.05) is 0 Å². The second kappa shape index (κ2) is 8.51. The summed E-state index contributed by atoms with van der Waals surface area (Å²) in [4.78, 5) is 0. The van der Waals surface area contributed by atoms with Crippen molar-refractivity contribution in [2.45, 2.75) is 109 Å². The van der Waals surface area contributed by atoms with Crippen molar-refractivity contribution in [3.05, 3.63) is 12.2 Å². The highest BCUT2D eigenvalue weighted by atomic mass is 19.4. The van der Waals surface area contributed by atoms with Crippen molar-refractivity contribution in [3.63, 3.8) is 0 Å². The van der Waals surface area contributed by atoms with E-state index >= 15 is 0 Å². The highest BCUT2D eigenvalue weighted by Gasteiger charge is 2.62. The van der Waals surface area contributed by atoms with Gasteiger partial charge in [0.25, 0.3) is 0 Å². The summed E-state index contributed by atoms with van der Waals surface area (Å²) >= 11 is 0. The SMILES string of the molecule is CC(C/C=C/C(C)(O)C(F)(F)F)C1CCC2C3C[C@H](O)[C@@H]4C[C@H](O)CCC4(C)C3CCC12C. The standard InChI is InChI=1S/C27H43F3O3/c1-16(6-5-11-26(4,33)27(28,29)30)19-7-8-20-18-15-23(32)22-14-17(31)9-12-25(22,3)21(18)10-13-24(19,20)2/h5,11,16-23,31-33H,6-10,12-15H2,1-4H3/b11-5+/t16?,17-,18?,19?,20?,21?,22+,23+,24?,25?,26?/m1/s1. The first-order valence-electron chi connectivity index (χ1n) is 13.0. The summed E-state index contributed by atoms with van der Waals surface area (Å²) < 4.78 is 38.9. The molecule has 4 rings (SSSR count). The highest BCUT2D eigenvalue weighted by Crippen LogP contribution is 2.68. The summed E-state index contributed by atoms with van der Waals surface area (Å²) in [5.74, 6) is 2.51. The minimum absolute atomic E-state index is 0.0957. The molecule has 0 heterocycles. The third-order valence-electron chi connectivity index (χ3n) is 10.9. The Morgan fingerprint density at radius 2 is 1.58 bits per heavy atom. The summed E-state index contributed by atoms with van der Waals surface area (Å²) in [6, 6.07) is 0. The number of allylic oxidation sites excluding steroid dienone is 1. The second-order valence-electron chi connectivity index (χ2n) is 12.7. The van der Waals surface area contributed by atoms with Crippen molar-refractivity contribution >= 4 is 0 Å². The Labute approximate surface area is 196 Å². The minimum atomic E-state index is -4.67. The first-order chi connectivity index (χ1) is 15.2. The van der Waals surface area contributed by atoms with Crippen LogP contribution in [0.25, 0.3) is 0 Å². The predicted octanol–water partition coefficient (Wildman–Crippen LogP) is 5.87. The zero-order chi connectivity index (χ0) is 24.4. The molecule has 0 aliphatic heterocycles. The van der Waals surface area contributed by atoms with E-state index in [1.165, 1.54) is 6.08 Å². The molecule has 8 unspecified atom stereocenters. The van der Waals surface area contributed by atoms with E-state index in [4.69, 9.17) is 0 Å². The average Bonchev–Trinajstić information content (AvgIpc) is 3.06. The van der Waals surface area contributed by atoms with Gasteiger partial charge in [0.1, 0.15) is 0 Å². The molecule has 0 radical (unpaired) electrons. The number of hydrogen-bond acceptors (Lipinski definition) is 3. The monoisotopic (exact) mass is 472 g/mol. The molecule has 4 fully saturated rings. The first kappa shape index (κ1) is 25.5. The Balaban J connectivity index is 1.48. The van der Waals surface area contributed by atoms with E-state index in [1.807, 2.05) is 0 Å². The molecule has 0 aromatic rings. The fraction of sp³-hybridized carbons (Fsp3) is 0.926. The van der Waals surface area contributed by atoms with Gasteiger partial charge in [0.15, 0.2) is 5.60 Å². The fourth-order valence-electron chi connectivity index (χ4n) is 9.02. The van der Waals surface area contributed by atoms with Crippen LogP contribution < -0.4 is 0 Å². The summed E-state index contributed by atoms with van der Waals surface area (Å²) in [5.41, 5.74) is -2.54. The molecule has 11 atom stereocenters. The maximum atomic E-state index is 13.0. The van der Waals surface area contributed by atoms with Crippen molar-refractivity contribution in [1.29, 1.82) is 0 Å². The van der Waals surface area contributed by atoms with Gasteiger partial charge in [0, 0.05) is 0 Å². The molecular weight excluding hydrogens is 429 g/mol. The molecule has 0 aromatic carbocycles. The van der Waals surface area contributed by atoms with Crippen LogP contribution in [0.3, 0.4) is 0 Å². The molecule has 4 aliphatic rings. The van der Waals surface area contributed by atoms with E-state index in [0.717, 1.165) is 64.4 Å². The molecule has 3 N–H and O–H groups in total. The van der Waals surface area contributed by atoms with Crippen molar-refractivity contribution in [3.8, 4) is 0 Å². The summed E-state index contributed by atoms with van der Waals surface area (Å²) in [6.45, 7) is 7.70. The summed E-state index contributed by atoms with van der Waals surface area (Å²) in [7, 11) is 0. The number of halogens is 3. The molecular formula is C27H43F3O3. The Hall–Kier alpha value is -0.590. The lowest BCUT2D eigenvalue weighted by atomic mass is 9.44. The van der Waals surface area contributed by atoms with Gasteiger partial charge in [-0.05, 0) is 117 Å². The molecule has 3 nitrogen and oxygen atoms in total. The van der Waals surface area contributed by atoms with Crippen LogP contribution in [0.2, 0.25) is 0 Å². The number of fused-ring (bicyclic) bond motifs is 5. The quantitative estimate of drug-likeness (QED) is 0.448. The van der Waals surface area contributed by atoms with Crippen LogP contribution in [-0.2, 0) is 0 Å². The predicted molar refractivity (Wildman–Crippen MR) is 122 cm³/mol. The molecule has 0 spiro atoms. The van der Waals surface area contributed by atoms with Crippen LogP contribution >= 0.6 is 0 Å². The van der Waals surface area contributed by atoms with E-state index in [9.17, 15) is 28.5 Å². The molecule has 4 saturated carbocycles. The molecule has 0 amide bonds. The Morgan fingerprint density at radius 3 is 2.24 bits per heavy atom. The highest BCUT2D eigenvalue weighted by molar-refractivity contribution is 5.12. The molecule has 33 heavy (non-hydrogen) atoms. The molecule has 0 saturated heterocycles. The van der Waals surface area contributed by atoms with Crippen LogP contribution in [0, 0.1) is 46.3 Å². The largest absolute Gasteiger partial charge is 0.420 e. The zero-order valence-corrected chi connectivity index (χ0v) is 20.6. The third-order valence-corrected chi connectivity index (χ3v) is 10.9. The minimum Gasteiger partial charge on any atom is -0.393 e. The van der Waals surface area contributed by atoms with Crippen LogP contribution in [0.1, 0.15) is 85.5 Å². The van der Waals surface area contributed by atoms with Crippen LogP contribution in [-0.4, -0.2) is 39.3 Å². The normalized spacial score (nSPS) is 48.6. The summed E-state index contributed by atoms with van der Waals surface area (Å²) in [6.07, 6.45) is 5.53. The lowest BCUT2D eigenvalue weighted by Crippen LogP contribution is -2.58. The van der Waals surface area contributed by atoms with Crippen LogP contribution in [0.15, 0.2) is 12.2 Å². The maximum absolute atomic E-state index is 13.0. The number of aliphatic hydroxyl groups is 3. The van der Waals surface area contributed by atoms with Gasteiger partial charge in [-0.2, -0.15) is 13.2 Å². The van der Waals surface area contributed by atoms with E-state index in [0.29, 0.717) is 30.1 Å². The van der Waals surface area contributed by atoms with Crippen LogP contribution in [0.5, 0.6) is 0 Å². The summed E-state index contributed by atoms with van der Waals surface area (Å²) in [5, 5.41) is 31.1. The van der Waals surface area contributed by atoms with E-state index in [-0.39, 0.29) is 34.9 Å². The van der Waals surface area contributed by atoms with Gasteiger partial charge >= 0.3 is 6.18 Å². The van der Waals surface area contributed by atoms with Gasteiger partial charge in [-0.15, -0.1) is 0 Å². The van der Waals surface area contributed by atoms with Crippen molar-refractivity contribution < 1.29 is 28.5 Å². The molecule has 190 valence electrons. The van der Waals surface area contributed by atoms with Gasteiger partial charge in [-0.3, -0.25) is 0 Å². The van der Waals surface area contributed by atoms with Gasteiger partial charge in [-0.25, -0.2) is 0 Å². The topological polar surface area (TPSA) is 60.7 Å². The van der Waals surface area contributed by atoms with Gasteiger partial charge in [-0.1, -0.05) is 26.8 Å². The molecule has 4 aliphatic carbocycles. The number of aliphatic hydroxyl groups excluding tert-OH is 2. The molecule has 0 bridgehead atoms. The maximum Gasteiger partial charge on any atom is 0.420 e. The van der Waals surface area contributed by atoms with Gasteiger partial charge < -0.3 is 15.3 Å². The van der Waals surface area contributed by atoms with E-state index in [1.54, 1.807) is 0 Å². The van der Waals surface area contributed by atoms with Crippen LogP contribution in [0.4, 0.5) is 13.2 Å². The second-order valence-corrected chi connectivity index (χ2v) is 12.7. The smallest absolute Gasteiger partial charge is 0.393 e. The van der Waals surface area contributed by atoms with E-state index in [2.05, 4.69) is 20.8 Å². The number of rotatable bonds is 4. The van der Waals surface area contributed by atoms with Crippen molar-refractivity contribution in [1.82, 2.24) is 0 Å². The van der Waals surface area contributed by atoms with Crippen molar-refractivity contribution in [2.24, 2.45) is 46.3 Å². The Kier molecular flexibility index (Phi) is 6.58. The molecule has 6 heteroatoms. The third kappa shape index (κ3) is 4.20. The first-order valence-corrected chi connectivity index (χ1v) is 13.0. The Morgan fingerprint density at radius 1 is 0.939 bits per heavy atom. The lowest BCUT2D eigenvalue weighted by molar-refractivity contribution is -0.232. The van der Waals surface area contributed by atoms with E-state index < -0.39 is 11.8 Å². The fourth-order valence-corrected chi connectivity index (χ4v) is 9.02. The Bertz CT molecular complexity index is 749. The van der Waals surface area contributed by atoms with Gasteiger partial charge in [0.2, 0.25) is 0 Å². The zero-order valence-electron chi connectivity index (χ0n) is 20.6. The number of hydrogen-bond donors (Lipinski definition) is 3. The lowest BCUT2D eigenvalue weighted by Gasteiger charge is -2.62. The number of alkyl halides is 3. The molecule has 0 aromatic heterocycles. The average molecular weight is 473 g/mol.